The van der Waals surface area contributed by atoms with Crippen LogP contribution in [0.5, 0.6) is 0 Å². The average Bonchev–Trinajstić information content (AvgIpc) is 2.22. The summed E-state index contributed by atoms with van der Waals surface area (Å²) in [6.07, 6.45) is 3.14. The van der Waals surface area contributed by atoms with Crippen molar-refractivity contribution in [2.24, 2.45) is 11.1 Å². The maximum absolute atomic E-state index is 11.7. The Labute approximate surface area is 94.4 Å². The summed E-state index contributed by atoms with van der Waals surface area (Å²) in [5, 5.41) is 2.83. The van der Waals surface area contributed by atoms with Gasteiger partial charge in [0.25, 0.3) is 0 Å². The van der Waals surface area contributed by atoms with Crippen LogP contribution in [0, 0.1) is 5.41 Å². The third-order valence-electron chi connectivity index (χ3n) is 2.67. The van der Waals surface area contributed by atoms with Gasteiger partial charge in [-0.05, 0) is 19.8 Å². The quantitative estimate of drug-likeness (QED) is 0.620. The highest BCUT2D eigenvalue weighted by atomic mass is 32.2. The fourth-order valence-corrected chi connectivity index (χ4v) is 1.64. The van der Waals surface area contributed by atoms with Gasteiger partial charge in [0, 0.05) is 35.9 Å². The zero-order valence-electron chi connectivity index (χ0n) is 9.84. The molecule has 0 heterocycles. The Hall–Kier alpha value is -0.420. The van der Waals surface area contributed by atoms with Crippen LogP contribution in [0.4, 0.5) is 0 Å². The highest BCUT2D eigenvalue weighted by Gasteiger charge is 2.28. The SMILES string of the molecule is CCC(C)(CN)C(=O)NCCCS(C)=O. The second kappa shape index (κ2) is 6.95. The van der Waals surface area contributed by atoms with E-state index in [9.17, 15) is 9.00 Å². The van der Waals surface area contributed by atoms with E-state index in [1.54, 1.807) is 6.26 Å². The van der Waals surface area contributed by atoms with Crippen molar-refractivity contribution in [3.63, 3.8) is 0 Å². The summed E-state index contributed by atoms with van der Waals surface area (Å²) in [6, 6.07) is 0. The largest absolute Gasteiger partial charge is 0.356 e. The molecule has 3 N–H and O–H groups in total. The van der Waals surface area contributed by atoms with Gasteiger partial charge in [-0.15, -0.1) is 0 Å². The van der Waals surface area contributed by atoms with Gasteiger partial charge in [0.2, 0.25) is 5.91 Å². The normalized spacial score (nSPS) is 16.8. The summed E-state index contributed by atoms with van der Waals surface area (Å²) in [5.74, 6) is 0.625. The molecule has 0 aliphatic carbocycles. The maximum Gasteiger partial charge on any atom is 0.227 e. The Morgan fingerprint density at radius 2 is 2.13 bits per heavy atom. The number of hydrogen-bond acceptors (Lipinski definition) is 3. The lowest BCUT2D eigenvalue weighted by Gasteiger charge is -2.24. The van der Waals surface area contributed by atoms with Gasteiger partial charge in [-0.1, -0.05) is 6.92 Å². The van der Waals surface area contributed by atoms with Crippen molar-refractivity contribution >= 4 is 16.7 Å². The fraction of sp³-hybridized carbons (Fsp3) is 0.900. The van der Waals surface area contributed by atoms with Crippen molar-refractivity contribution in [2.75, 3.05) is 25.1 Å². The molecule has 0 radical (unpaired) electrons. The molecular formula is C10H22N2O2S. The number of amides is 1. The molecule has 0 spiro atoms. The predicted molar refractivity (Wildman–Crippen MR) is 64.0 cm³/mol. The van der Waals surface area contributed by atoms with Crippen LogP contribution in [0.2, 0.25) is 0 Å². The van der Waals surface area contributed by atoms with E-state index in [-0.39, 0.29) is 5.91 Å². The van der Waals surface area contributed by atoms with Gasteiger partial charge < -0.3 is 11.1 Å². The highest BCUT2D eigenvalue weighted by molar-refractivity contribution is 7.84. The van der Waals surface area contributed by atoms with E-state index in [0.29, 0.717) is 18.8 Å². The average molecular weight is 234 g/mol. The van der Waals surface area contributed by atoms with Gasteiger partial charge in [0.05, 0.1) is 5.41 Å². The zero-order chi connectivity index (χ0) is 11.9. The van der Waals surface area contributed by atoms with Crippen molar-refractivity contribution in [3.8, 4) is 0 Å². The molecule has 0 aromatic rings. The molecule has 2 unspecified atom stereocenters. The summed E-state index contributed by atoms with van der Waals surface area (Å²) < 4.78 is 10.8. The first kappa shape index (κ1) is 14.6. The molecule has 1 amide bonds. The number of nitrogens with two attached hydrogens (primary N) is 1. The van der Waals surface area contributed by atoms with Crippen LogP contribution in [0.1, 0.15) is 26.7 Å². The minimum atomic E-state index is -0.781. The zero-order valence-corrected chi connectivity index (χ0v) is 10.7. The predicted octanol–water partition coefficient (Wildman–Crippen LogP) is 0.246. The molecule has 0 rings (SSSR count). The molecule has 0 saturated carbocycles. The van der Waals surface area contributed by atoms with Crippen LogP contribution in [0.3, 0.4) is 0 Å². The molecule has 5 heteroatoms. The Kier molecular flexibility index (Phi) is 6.76. The summed E-state index contributed by atoms with van der Waals surface area (Å²) in [5.41, 5.74) is 5.09. The van der Waals surface area contributed by atoms with Crippen molar-refractivity contribution in [3.05, 3.63) is 0 Å². The molecule has 0 aromatic carbocycles. The minimum absolute atomic E-state index is 0.00520. The standard InChI is InChI=1S/C10H22N2O2S/c1-4-10(2,8-11)9(13)12-6-5-7-15(3)14/h4-8,11H2,1-3H3,(H,12,13). The van der Waals surface area contributed by atoms with Gasteiger partial charge in [0.15, 0.2) is 0 Å². The molecule has 0 aromatic heterocycles. The van der Waals surface area contributed by atoms with E-state index < -0.39 is 16.2 Å². The summed E-state index contributed by atoms with van der Waals surface area (Å²) in [7, 11) is -0.781. The van der Waals surface area contributed by atoms with Crippen LogP contribution >= 0.6 is 0 Å². The molecule has 0 saturated heterocycles. The molecule has 15 heavy (non-hydrogen) atoms. The minimum Gasteiger partial charge on any atom is -0.356 e. The van der Waals surface area contributed by atoms with E-state index in [0.717, 1.165) is 12.8 Å². The van der Waals surface area contributed by atoms with Crippen molar-refractivity contribution in [1.29, 1.82) is 0 Å². The van der Waals surface area contributed by atoms with Crippen molar-refractivity contribution < 1.29 is 9.00 Å². The lowest BCUT2D eigenvalue weighted by atomic mass is 9.87. The lowest BCUT2D eigenvalue weighted by molar-refractivity contribution is -0.129. The second-order valence-electron chi connectivity index (χ2n) is 4.01. The maximum atomic E-state index is 11.7. The first-order chi connectivity index (χ1) is 6.96. The number of hydrogen-bond donors (Lipinski definition) is 2. The molecule has 90 valence electrons. The van der Waals surface area contributed by atoms with Gasteiger partial charge >= 0.3 is 0 Å². The molecular weight excluding hydrogens is 212 g/mol. The first-order valence-electron chi connectivity index (χ1n) is 5.24. The molecule has 4 nitrogen and oxygen atoms in total. The summed E-state index contributed by atoms with van der Waals surface area (Å²) >= 11 is 0. The molecule has 0 aliphatic rings. The topological polar surface area (TPSA) is 72.2 Å². The van der Waals surface area contributed by atoms with Crippen LogP contribution < -0.4 is 11.1 Å². The van der Waals surface area contributed by atoms with Crippen LogP contribution in [-0.2, 0) is 15.6 Å². The van der Waals surface area contributed by atoms with E-state index >= 15 is 0 Å². The Balaban J connectivity index is 3.87. The third kappa shape index (κ3) is 5.28. The molecule has 0 aliphatic heterocycles. The first-order valence-corrected chi connectivity index (χ1v) is 6.97. The van der Waals surface area contributed by atoms with Gasteiger partial charge in [-0.25, -0.2) is 0 Å². The number of rotatable bonds is 7. The second-order valence-corrected chi connectivity index (χ2v) is 5.56. The van der Waals surface area contributed by atoms with E-state index in [1.165, 1.54) is 0 Å². The van der Waals surface area contributed by atoms with E-state index in [4.69, 9.17) is 5.73 Å². The van der Waals surface area contributed by atoms with E-state index in [2.05, 4.69) is 5.32 Å². The molecule has 0 bridgehead atoms. The third-order valence-corrected chi connectivity index (χ3v) is 3.54. The van der Waals surface area contributed by atoms with Gasteiger partial charge in [0.1, 0.15) is 0 Å². The summed E-state index contributed by atoms with van der Waals surface area (Å²) in [4.78, 5) is 11.7. The Bertz CT molecular complexity index is 227. The summed E-state index contributed by atoms with van der Waals surface area (Å²) in [6.45, 7) is 4.75. The Morgan fingerprint density at radius 1 is 1.53 bits per heavy atom. The number of carbonyl (C=O) groups excluding carboxylic acids is 1. The number of carbonyl (C=O) groups is 1. The van der Waals surface area contributed by atoms with Crippen LogP contribution in [0.15, 0.2) is 0 Å². The van der Waals surface area contributed by atoms with Crippen LogP contribution in [-0.4, -0.2) is 35.2 Å². The monoisotopic (exact) mass is 234 g/mol. The van der Waals surface area contributed by atoms with Gasteiger partial charge in [-0.3, -0.25) is 9.00 Å². The van der Waals surface area contributed by atoms with Gasteiger partial charge in [-0.2, -0.15) is 0 Å². The fourth-order valence-electron chi connectivity index (χ4n) is 1.09. The highest BCUT2D eigenvalue weighted by Crippen LogP contribution is 2.18. The number of nitrogens with one attached hydrogen (secondary N) is 1. The van der Waals surface area contributed by atoms with Crippen molar-refractivity contribution in [2.45, 2.75) is 26.7 Å². The van der Waals surface area contributed by atoms with E-state index in [1.807, 2.05) is 13.8 Å². The molecule has 2 atom stereocenters. The van der Waals surface area contributed by atoms with Crippen LogP contribution in [0.25, 0.3) is 0 Å². The lowest BCUT2D eigenvalue weighted by Crippen LogP contribution is -2.43. The van der Waals surface area contributed by atoms with Crippen molar-refractivity contribution in [1.82, 2.24) is 5.32 Å². The Morgan fingerprint density at radius 3 is 2.53 bits per heavy atom. The molecule has 0 fully saturated rings. The smallest absolute Gasteiger partial charge is 0.227 e.